The van der Waals surface area contributed by atoms with Gasteiger partial charge in [0.15, 0.2) is 12.7 Å². The number of amides is 2. The van der Waals surface area contributed by atoms with Crippen molar-refractivity contribution in [3.8, 4) is 17.2 Å². The van der Waals surface area contributed by atoms with Crippen molar-refractivity contribution < 1.29 is 23.8 Å². The number of anilines is 2. The highest BCUT2D eigenvalue weighted by molar-refractivity contribution is 6.01. The van der Waals surface area contributed by atoms with Gasteiger partial charge in [0.1, 0.15) is 17.2 Å². The molecule has 7 heteroatoms. The van der Waals surface area contributed by atoms with Gasteiger partial charge in [-0.05, 0) is 68.7 Å². The fourth-order valence-corrected chi connectivity index (χ4v) is 4.01. The summed E-state index contributed by atoms with van der Waals surface area (Å²) in [6.07, 6.45) is 0.0660. The van der Waals surface area contributed by atoms with E-state index in [1.165, 1.54) is 0 Å². The first-order valence-corrected chi connectivity index (χ1v) is 11.7. The molecule has 35 heavy (non-hydrogen) atoms. The molecular weight excluding hydrogens is 444 g/mol. The smallest absolute Gasteiger partial charge is 0.267 e. The van der Waals surface area contributed by atoms with Crippen molar-refractivity contribution >= 4 is 23.2 Å². The lowest BCUT2D eigenvalue weighted by molar-refractivity contribution is -0.125. The lowest BCUT2D eigenvalue weighted by atomic mass is 10.1. The van der Waals surface area contributed by atoms with Gasteiger partial charge in [0, 0.05) is 12.2 Å². The molecule has 1 aliphatic rings. The summed E-state index contributed by atoms with van der Waals surface area (Å²) >= 11 is 0. The number of carbonyl (C=O) groups is 2. The number of hydrogen-bond acceptors (Lipinski definition) is 5. The maximum absolute atomic E-state index is 12.9. The Hall–Kier alpha value is -4.00. The first kappa shape index (κ1) is 24.1. The molecule has 1 aliphatic heterocycles. The molecule has 3 aromatic rings. The molecule has 1 heterocycles. The Kier molecular flexibility index (Phi) is 7.55. The molecule has 0 radical (unpaired) electrons. The van der Waals surface area contributed by atoms with Gasteiger partial charge < -0.3 is 24.4 Å². The number of nitrogens with one attached hydrogen (secondary N) is 1. The molecule has 0 aliphatic carbocycles. The molecule has 1 atom stereocenters. The van der Waals surface area contributed by atoms with Crippen molar-refractivity contribution in [1.82, 2.24) is 0 Å². The molecule has 3 aromatic carbocycles. The number of nitrogens with zero attached hydrogens (tertiary/aromatic N) is 1. The summed E-state index contributed by atoms with van der Waals surface area (Å²) in [7, 11) is 0. The lowest BCUT2D eigenvalue weighted by Gasteiger charge is -2.33. The van der Waals surface area contributed by atoms with E-state index in [1.54, 1.807) is 30.0 Å². The molecule has 0 spiro atoms. The average Bonchev–Trinajstić information content (AvgIpc) is 2.84. The molecular formula is C28H30N2O5. The Bertz CT molecular complexity index is 1170. The van der Waals surface area contributed by atoms with Gasteiger partial charge in [-0.15, -0.1) is 0 Å². The van der Waals surface area contributed by atoms with E-state index in [4.69, 9.17) is 14.2 Å². The van der Waals surface area contributed by atoms with Crippen LogP contribution in [-0.4, -0.2) is 37.7 Å². The Labute approximate surface area is 205 Å². The Morgan fingerprint density at radius 1 is 1.00 bits per heavy atom. The van der Waals surface area contributed by atoms with Crippen LogP contribution in [0.5, 0.6) is 17.2 Å². The lowest BCUT2D eigenvalue weighted by Crippen LogP contribution is -2.45. The Morgan fingerprint density at radius 3 is 2.49 bits per heavy atom. The van der Waals surface area contributed by atoms with Gasteiger partial charge in [0.05, 0.1) is 12.3 Å². The molecule has 0 fully saturated rings. The molecule has 0 saturated heterocycles. The number of para-hydroxylation sites is 2. The molecule has 182 valence electrons. The Balaban J connectivity index is 1.39. The second kappa shape index (κ2) is 11.0. The van der Waals surface area contributed by atoms with Gasteiger partial charge in [0.2, 0.25) is 0 Å². The summed E-state index contributed by atoms with van der Waals surface area (Å²) in [4.78, 5) is 27.1. The Morgan fingerprint density at radius 2 is 1.74 bits per heavy atom. The predicted molar refractivity (Wildman–Crippen MR) is 135 cm³/mol. The summed E-state index contributed by atoms with van der Waals surface area (Å²) in [5, 5.41) is 2.85. The molecule has 0 bridgehead atoms. The summed E-state index contributed by atoms with van der Waals surface area (Å²) in [5.74, 6) is 1.70. The van der Waals surface area contributed by atoms with Crippen LogP contribution in [0, 0.1) is 13.8 Å². The number of fused-ring (bicyclic) bond motifs is 1. The fourth-order valence-electron chi connectivity index (χ4n) is 4.01. The van der Waals surface area contributed by atoms with Crippen LogP contribution in [-0.2, 0) is 9.59 Å². The molecule has 1 unspecified atom stereocenters. The minimum Gasteiger partial charge on any atom is -0.494 e. The van der Waals surface area contributed by atoms with Crippen LogP contribution in [0.1, 0.15) is 24.5 Å². The first-order valence-electron chi connectivity index (χ1n) is 11.7. The normalized spacial score (nSPS) is 14.7. The highest BCUT2D eigenvalue weighted by atomic mass is 16.5. The predicted octanol–water partition coefficient (Wildman–Crippen LogP) is 4.90. The van der Waals surface area contributed by atoms with Gasteiger partial charge in [-0.3, -0.25) is 9.59 Å². The van der Waals surface area contributed by atoms with E-state index in [9.17, 15) is 9.59 Å². The summed E-state index contributed by atoms with van der Waals surface area (Å²) in [5.41, 5.74) is 3.14. The highest BCUT2D eigenvalue weighted by Gasteiger charge is 2.31. The van der Waals surface area contributed by atoms with Gasteiger partial charge in [-0.2, -0.15) is 0 Å². The quantitative estimate of drug-likeness (QED) is 0.446. The summed E-state index contributed by atoms with van der Waals surface area (Å²) in [6, 6.07) is 20.7. The SMILES string of the molecule is Cc1cccc(C)c1OCC(=O)Nc1ccc2c(c1)N(CCCOc1ccccc1)C(=O)C(C)O2. The van der Waals surface area contributed by atoms with E-state index in [1.807, 2.05) is 62.4 Å². The van der Waals surface area contributed by atoms with Crippen LogP contribution >= 0.6 is 0 Å². The van der Waals surface area contributed by atoms with E-state index in [-0.39, 0.29) is 18.4 Å². The zero-order valence-corrected chi connectivity index (χ0v) is 20.2. The van der Waals surface area contributed by atoms with E-state index >= 15 is 0 Å². The average molecular weight is 475 g/mol. The van der Waals surface area contributed by atoms with Crippen LogP contribution < -0.4 is 24.4 Å². The number of ether oxygens (including phenoxy) is 3. The minimum atomic E-state index is -0.580. The summed E-state index contributed by atoms with van der Waals surface area (Å²) < 4.78 is 17.3. The van der Waals surface area contributed by atoms with Crippen molar-refractivity contribution in [1.29, 1.82) is 0 Å². The first-order chi connectivity index (χ1) is 16.9. The van der Waals surface area contributed by atoms with Crippen molar-refractivity contribution in [2.24, 2.45) is 0 Å². The third kappa shape index (κ3) is 5.93. The second-order valence-electron chi connectivity index (χ2n) is 8.51. The molecule has 0 saturated carbocycles. The topological polar surface area (TPSA) is 77.1 Å². The van der Waals surface area contributed by atoms with Crippen LogP contribution in [0.3, 0.4) is 0 Å². The van der Waals surface area contributed by atoms with Gasteiger partial charge in [-0.25, -0.2) is 0 Å². The van der Waals surface area contributed by atoms with Gasteiger partial charge in [0.25, 0.3) is 11.8 Å². The number of rotatable bonds is 9. The van der Waals surface area contributed by atoms with Crippen molar-refractivity contribution in [3.63, 3.8) is 0 Å². The van der Waals surface area contributed by atoms with E-state index in [0.717, 1.165) is 16.9 Å². The van der Waals surface area contributed by atoms with E-state index < -0.39 is 6.10 Å². The van der Waals surface area contributed by atoms with Crippen molar-refractivity contribution in [2.45, 2.75) is 33.3 Å². The zero-order chi connectivity index (χ0) is 24.8. The monoisotopic (exact) mass is 474 g/mol. The number of carbonyl (C=O) groups excluding carboxylic acids is 2. The van der Waals surface area contributed by atoms with E-state index in [2.05, 4.69) is 5.32 Å². The maximum atomic E-state index is 12.9. The zero-order valence-electron chi connectivity index (χ0n) is 20.2. The number of benzene rings is 3. The number of hydrogen-bond donors (Lipinski definition) is 1. The third-order valence-corrected chi connectivity index (χ3v) is 5.75. The summed E-state index contributed by atoms with van der Waals surface area (Å²) in [6.45, 7) is 6.46. The fraction of sp³-hybridized carbons (Fsp3) is 0.286. The van der Waals surface area contributed by atoms with Crippen molar-refractivity contribution in [2.75, 3.05) is 30.0 Å². The molecule has 7 nitrogen and oxygen atoms in total. The van der Waals surface area contributed by atoms with Crippen molar-refractivity contribution in [3.05, 3.63) is 77.9 Å². The standard InChI is InChI=1S/C28H30N2O5/c1-19-9-7-10-20(2)27(19)34-18-26(31)29-22-13-14-25-24(17-22)30(28(32)21(3)35-25)15-8-16-33-23-11-5-4-6-12-23/h4-7,9-14,17,21H,8,15-16,18H2,1-3H3,(H,29,31). The molecule has 4 rings (SSSR count). The minimum absolute atomic E-state index is 0.115. The molecule has 1 N–H and O–H groups in total. The third-order valence-electron chi connectivity index (χ3n) is 5.75. The van der Waals surface area contributed by atoms with Crippen LogP contribution in [0.4, 0.5) is 11.4 Å². The van der Waals surface area contributed by atoms with Crippen LogP contribution in [0.2, 0.25) is 0 Å². The van der Waals surface area contributed by atoms with Crippen LogP contribution in [0.15, 0.2) is 66.7 Å². The molecule has 0 aromatic heterocycles. The number of aryl methyl sites for hydroxylation is 2. The van der Waals surface area contributed by atoms with Gasteiger partial charge >= 0.3 is 0 Å². The largest absolute Gasteiger partial charge is 0.494 e. The maximum Gasteiger partial charge on any atom is 0.267 e. The second-order valence-corrected chi connectivity index (χ2v) is 8.51. The van der Waals surface area contributed by atoms with Gasteiger partial charge in [-0.1, -0.05) is 36.4 Å². The molecule has 2 amide bonds. The van der Waals surface area contributed by atoms with Crippen LogP contribution in [0.25, 0.3) is 0 Å². The van der Waals surface area contributed by atoms with E-state index in [0.29, 0.717) is 42.4 Å². The highest BCUT2D eigenvalue weighted by Crippen LogP contribution is 2.36.